The summed E-state index contributed by atoms with van der Waals surface area (Å²) in [6.07, 6.45) is 2.69. The van der Waals surface area contributed by atoms with Crippen LogP contribution in [0.4, 0.5) is 0 Å². The zero-order chi connectivity index (χ0) is 12.3. The van der Waals surface area contributed by atoms with Crippen molar-refractivity contribution in [2.24, 2.45) is 0 Å². The first-order valence-electron chi connectivity index (χ1n) is 6.27. The third kappa shape index (κ3) is 2.79. The molecule has 94 valence electrons. The molecule has 0 aliphatic carbocycles. The summed E-state index contributed by atoms with van der Waals surface area (Å²) >= 11 is 0. The Morgan fingerprint density at radius 3 is 3.00 bits per heavy atom. The van der Waals surface area contributed by atoms with Crippen molar-refractivity contribution in [1.82, 2.24) is 5.32 Å². The van der Waals surface area contributed by atoms with Crippen molar-refractivity contribution in [2.45, 2.75) is 38.3 Å². The standard InChI is InChI=1S/C14H21NO2/c1-10-5-3-7-13(17-2)14(10)12(16)9-11-6-4-8-15-11/h3,5,7,11-12,15-16H,4,6,8-9H2,1-2H3/t11-,12-/m1/s1. The summed E-state index contributed by atoms with van der Waals surface area (Å²) in [6.45, 7) is 3.09. The molecule has 0 bridgehead atoms. The minimum Gasteiger partial charge on any atom is -0.496 e. The molecule has 0 amide bonds. The van der Waals surface area contributed by atoms with Gasteiger partial charge in [0.25, 0.3) is 0 Å². The number of aliphatic hydroxyl groups excluding tert-OH is 1. The molecule has 1 aromatic carbocycles. The molecule has 1 aromatic rings. The van der Waals surface area contributed by atoms with Crippen LogP contribution in [-0.4, -0.2) is 24.8 Å². The van der Waals surface area contributed by atoms with Crippen LogP contribution in [0.2, 0.25) is 0 Å². The Bertz CT molecular complexity index is 372. The predicted octanol–water partition coefficient (Wildman–Crippen LogP) is 2.18. The molecular formula is C14H21NO2. The van der Waals surface area contributed by atoms with Crippen molar-refractivity contribution in [3.63, 3.8) is 0 Å². The van der Waals surface area contributed by atoms with Crippen LogP contribution in [0.15, 0.2) is 18.2 Å². The molecule has 3 heteroatoms. The smallest absolute Gasteiger partial charge is 0.124 e. The first-order valence-corrected chi connectivity index (χ1v) is 6.27. The van der Waals surface area contributed by atoms with Crippen LogP contribution in [0.1, 0.15) is 36.5 Å². The van der Waals surface area contributed by atoms with Gasteiger partial charge in [0.05, 0.1) is 13.2 Å². The van der Waals surface area contributed by atoms with Crippen LogP contribution in [0.3, 0.4) is 0 Å². The van der Waals surface area contributed by atoms with E-state index in [2.05, 4.69) is 5.32 Å². The maximum atomic E-state index is 10.4. The van der Waals surface area contributed by atoms with E-state index in [9.17, 15) is 5.11 Å². The number of rotatable bonds is 4. The third-order valence-corrected chi connectivity index (χ3v) is 3.51. The molecule has 17 heavy (non-hydrogen) atoms. The predicted molar refractivity (Wildman–Crippen MR) is 68.3 cm³/mol. The SMILES string of the molecule is COc1cccc(C)c1[C@H](O)C[C@H]1CCCN1. The van der Waals surface area contributed by atoms with Crippen LogP contribution < -0.4 is 10.1 Å². The van der Waals surface area contributed by atoms with Crippen LogP contribution in [0.25, 0.3) is 0 Å². The highest BCUT2D eigenvalue weighted by Gasteiger charge is 2.22. The van der Waals surface area contributed by atoms with E-state index in [4.69, 9.17) is 4.74 Å². The van der Waals surface area contributed by atoms with Gasteiger partial charge in [-0.05, 0) is 44.4 Å². The molecular weight excluding hydrogens is 214 g/mol. The first-order chi connectivity index (χ1) is 8.22. The van der Waals surface area contributed by atoms with E-state index < -0.39 is 6.10 Å². The Kier molecular flexibility index (Phi) is 4.02. The quantitative estimate of drug-likeness (QED) is 0.840. The number of benzene rings is 1. The summed E-state index contributed by atoms with van der Waals surface area (Å²) in [5, 5.41) is 13.8. The summed E-state index contributed by atoms with van der Waals surface area (Å²) in [5.41, 5.74) is 2.03. The molecule has 1 saturated heterocycles. The van der Waals surface area contributed by atoms with Crippen molar-refractivity contribution in [2.75, 3.05) is 13.7 Å². The molecule has 1 heterocycles. The lowest BCUT2D eigenvalue weighted by Gasteiger charge is -2.20. The number of aliphatic hydroxyl groups is 1. The average Bonchev–Trinajstić information content (AvgIpc) is 2.81. The Balaban J connectivity index is 2.14. The Morgan fingerprint density at radius 2 is 2.35 bits per heavy atom. The number of hydrogen-bond acceptors (Lipinski definition) is 3. The molecule has 1 aliphatic heterocycles. The summed E-state index contributed by atoms with van der Waals surface area (Å²) in [6, 6.07) is 6.32. The van der Waals surface area contributed by atoms with Crippen LogP contribution in [-0.2, 0) is 0 Å². The van der Waals surface area contributed by atoms with Crippen LogP contribution in [0.5, 0.6) is 5.75 Å². The normalized spacial score (nSPS) is 21.5. The van der Waals surface area contributed by atoms with Gasteiger partial charge in [0.15, 0.2) is 0 Å². The Labute approximate surface area is 103 Å². The fourth-order valence-corrected chi connectivity index (χ4v) is 2.60. The molecule has 0 aromatic heterocycles. The van der Waals surface area contributed by atoms with Gasteiger partial charge >= 0.3 is 0 Å². The van der Waals surface area contributed by atoms with Crippen molar-refractivity contribution < 1.29 is 9.84 Å². The highest BCUT2D eigenvalue weighted by atomic mass is 16.5. The van der Waals surface area contributed by atoms with Crippen LogP contribution in [0, 0.1) is 6.92 Å². The minimum atomic E-state index is -0.443. The molecule has 1 aliphatic rings. The average molecular weight is 235 g/mol. The van der Waals surface area contributed by atoms with E-state index in [0.717, 1.165) is 36.3 Å². The summed E-state index contributed by atoms with van der Waals surface area (Å²) in [7, 11) is 1.65. The van der Waals surface area contributed by atoms with E-state index in [0.29, 0.717) is 6.04 Å². The molecule has 2 rings (SSSR count). The van der Waals surface area contributed by atoms with Gasteiger partial charge in [0.2, 0.25) is 0 Å². The summed E-state index contributed by atoms with van der Waals surface area (Å²) in [4.78, 5) is 0. The number of hydrogen-bond donors (Lipinski definition) is 2. The lowest BCUT2D eigenvalue weighted by Crippen LogP contribution is -2.24. The van der Waals surface area contributed by atoms with Gasteiger partial charge in [0, 0.05) is 11.6 Å². The van der Waals surface area contributed by atoms with Crippen molar-refractivity contribution >= 4 is 0 Å². The van der Waals surface area contributed by atoms with E-state index in [1.54, 1.807) is 7.11 Å². The first kappa shape index (κ1) is 12.4. The number of nitrogens with one attached hydrogen (secondary N) is 1. The molecule has 1 fully saturated rings. The lowest BCUT2D eigenvalue weighted by atomic mass is 9.96. The van der Waals surface area contributed by atoms with Gasteiger partial charge in [-0.1, -0.05) is 12.1 Å². The minimum absolute atomic E-state index is 0.439. The highest BCUT2D eigenvalue weighted by Crippen LogP contribution is 2.32. The summed E-state index contributed by atoms with van der Waals surface area (Å²) < 4.78 is 5.33. The van der Waals surface area contributed by atoms with Crippen molar-refractivity contribution in [3.8, 4) is 5.75 Å². The van der Waals surface area contributed by atoms with Gasteiger partial charge in [-0.15, -0.1) is 0 Å². The van der Waals surface area contributed by atoms with Gasteiger partial charge in [0.1, 0.15) is 5.75 Å². The molecule has 2 atom stereocenters. The number of aryl methyl sites for hydroxylation is 1. The largest absolute Gasteiger partial charge is 0.496 e. The maximum Gasteiger partial charge on any atom is 0.124 e. The molecule has 3 nitrogen and oxygen atoms in total. The van der Waals surface area contributed by atoms with Crippen molar-refractivity contribution in [1.29, 1.82) is 0 Å². The zero-order valence-corrected chi connectivity index (χ0v) is 10.6. The van der Waals surface area contributed by atoms with E-state index in [1.807, 2.05) is 25.1 Å². The molecule has 0 unspecified atom stereocenters. The van der Waals surface area contributed by atoms with Gasteiger partial charge in [-0.25, -0.2) is 0 Å². The second-order valence-corrected chi connectivity index (χ2v) is 4.74. The molecule has 0 radical (unpaired) electrons. The zero-order valence-electron chi connectivity index (χ0n) is 10.6. The van der Waals surface area contributed by atoms with Crippen molar-refractivity contribution in [3.05, 3.63) is 29.3 Å². The molecule has 0 saturated carbocycles. The maximum absolute atomic E-state index is 10.4. The number of ether oxygens (including phenoxy) is 1. The topological polar surface area (TPSA) is 41.5 Å². The fourth-order valence-electron chi connectivity index (χ4n) is 2.60. The molecule has 2 N–H and O–H groups in total. The fraction of sp³-hybridized carbons (Fsp3) is 0.571. The Hall–Kier alpha value is -1.06. The summed E-state index contributed by atoms with van der Waals surface area (Å²) in [5.74, 6) is 0.787. The van der Waals surface area contributed by atoms with Crippen LogP contribution >= 0.6 is 0 Å². The highest BCUT2D eigenvalue weighted by molar-refractivity contribution is 5.41. The van der Waals surface area contributed by atoms with Gasteiger partial charge < -0.3 is 15.2 Å². The van der Waals surface area contributed by atoms with Gasteiger partial charge in [-0.3, -0.25) is 0 Å². The second kappa shape index (κ2) is 5.52. The third-order valence-electron chi connectivity index (χ3n) is 3.51. The number of methoxy groups -OCH3 is 1. The second-order valence-electron chi connectivity index (χ2n) is 4.74. The van der Waals surface area contributed by atoms with Gasteiger partial charge in [-0.2, -0.15) is 0 Å². The Morgan fingerprint density at radius 1 is 1.53 bits per heavy atom. The van der Waals surface area contributed by atoms with E-state index >= 15 is 0 Å². The monoisotopic (exact) mass is 235 g/mol. The van der Waals surface area contributed by atoms with E-state index in [1.165, 1.54) is 6.42 Å². The molecule has 0 spiro atoms. The van der Waals surface area contributed by atoms with E-state index in [-0.39, 0.29) is 0 Å². The lowest BCUT2D eigenvalue weighted by molar-refractivity contribution is 0.150.